The monoisotopic (exact) mass is 326 g/mol. The molecule has 0 rings (SSSR count). The Morgan fingerprint density at radius 1 is 1.10 bits per heavy atom. The van der Waals surface area contributed by atoms with E-state index in [2.05, 4.69) is 4.74 Å². The quantitative estimate of drug-likeness (QED) is 0.479. The maximum absolute atomic E-state index is 13.3. The summed E-state index contributed by atoms with van der Waals surface area (Å²) in [5, 5.41) is 8.12. The van der Waals surface area contributed by atoms with Crippen LogP contribution in [0.2, 0.25) is 0 Å². The molecular formula is C10H9F7O4. The van der Waals surface area contributed by atoms with Crippen LogP contribution in [0.5, 0.6) is 0 Å². The van der Waals surface area contributed by atoms with Gasteiger partial charge in [0.15, 0.2) is 6.17 Å². The van der Waals surface area contributed by atoms with Crippen LogP contribution in [0.4, 0.5) is 30.7 Å². The molecule has 21 heavy (non-hydrogen) atoms. The molecule has 0 saturated carbocycles. The fourth-order valence-electron chi connectivity index (χ4n) is 1.32. The van der Waals surface area contributed by atoms with Crippen LogP contribution in [-0.2, 0) is 14.3 Å². The van der Waals surface area contributed by atoms with Crippen LogP contribution in [-0.4, -0.2) is 41.2 Å². The summed E-state index contributed by atoms with van der Waals surface area (Å²) in [4.78, 5) is 21.0. The molecule has 0 saturated heterocycles. The third kappa shape index (κ3) is 4.08. The zero-order valence-electron chi connectivity index (χ0n) is 10.3. The van der Waals surface area contributed by atoms with E-state index in [1.54, 1.807) is 0 Å². The van der Waals surface area contributed by atoms with Gasteiger partial charge < -0.3 is 9.84 Å². The second kappa shape index (κ2) is 6.31. The molecule has 0 aromatic heterocycles. The van der Waals surface area contributed by atoms with Gasteiger partial charge in [0.1, 0.15) is 0 Å². The van der Waals surface area contributed by atoms with Crippen molar-refractivity contribution in [1.29, 1.82) is 0 Å². The Labute approximate surface area is 113 Å². The molecule has 1 N–H and O–H groups in total. The third-order valence-electron chi connectivity index (χ3n) is 2.27. The lowest BCUT2D eigenvalue weighted by Crippen LogP contribution is -2.65. The molecule has 0 fully saturated rings. The molecule has 0 aliphatic carbocycles. The van der Waals surface area contributed by atoms with E-state index in [-0.39, 0.29) is 12.2 Å². The second-order valence-corrected chi connectivity index (χ2v) is 3.70. The van der Waals surface area contributed by atoms with Gasteiger partial charge >= 0.3 is 29.9 Å². The molecule has 0 aliphatic rings. The Morgan fingerprint density at radius 3 is 1.81 bits per heavy atom. The van der Waals surface area contributed by atoms with E-state index in [4.69, 9.17) is 5.11 Å². The summed E-state index contributed by atoms with van der Waals surface area (Å²) in [7, 11) is 0. The van der Waals surface area contributed by atoms with Crippen LogP contribution < -0.4 is 0 Å². The van der Waals surface area contributed by atoms with Gasteiger partial charge in [-0.1, -0.05) is 6.92 Å². The van der Waals surface area contributed by atoms with E-state index >= 15 is 0 Å². The van der Waals surface area contributed by atoms with Crippen molar-refractivity contribution < 1.29 is 50.2 Å². The molecule has 4 nitrogen and oxygen atoms in total. The predicted octanol–water partition coefficient (Wildman–Crippen LogP) is 2.78. The number of hydrogen-bond acceptors (Lipinski definition) is 3. The number of ether oxygens (including phenoxy) is 1. The first-order valence-corrected chi connectivity index (χ1v) is 5.21. The zero-order chi connectivity index (χ0) is 17.1. The summed E-state index contributed by atoms with van der Waals surface area (Å²) in [5.74, 6) is -4.10. The molecule has 0 heterocycles. The van der Waals surface area contributed by atoms with Gasteiger partial charge in [0.2, 0.25) is 0 Å². The van der Waals surface area contributed by atoms with Crippen molar-refractivity contribution in [2.45, 2.75) is 37.5 Å². The fourth-order valence-corrected chi connectivity index (χ4v) is 1.32. The summed E-state index contributed by atoms with van der Waals surface area (Å²) < 4.78 is 92.7. The number of carbonyl (C=O) groups is 2. The Kier molecular flexibility index (Phi) is 5.76. The molecular weight excluding hydrogens is 317 g/mol. The van der Waals surface area contributed by atoms with Crippen molar-refractivity contribution in [3.05, 3.63) is 12.2 Å². The fraction of sp³-hybridized carbons (Fsp3) is 0.600. The minimum absolute atomic E-state index is 0.0426. The van der Waals surface area contributed by atoms with Crippen molar-refractivity contribution in [3.8, 4) is 0 Å². The van der Waals surface area contributed by atoms with E-state index in [1.807, 2.05) is 0 Å². The number of alkyl halides is 7. The van der Waals surface area contributed by atoms with Crippen LogP contribution in [0.1, 0.15) is 13.3 Å². The molecule has 0 bridgehead atoms. The summed E-state index contributed by atoms with van der Waals surface area (Å²) >= 11 is 0. The van der Waals surface area contributed by atoms with Crippen LogP contribution in [0.25, 0.3) is 0 Å². The number of halogens is 7. The van der Waals surface area contributed by atoms with Gasteiger partial charge in [-0.15, -0.1) is 0 Å². The van der Waals surface area contributed by atoms with E-state index < -0.39 is 42.5 Å². The Hall–Kier alpha value is -1.81. The molecule has 11 heteroatoms. The number of aliphatic carboxylic acids is 1. The molecule has 0 aliphatic heterocycles. The molecule has 122 valence electrons. The lowest BCUT2D eigenvalue weighted by Gasteiger charge is -2.38. The largest absolute Gasteiger partial charge is 0.478 e. The normalized spacial score (nSPS) is 15.0. The standard InChI is InChI=1S/C10H9F7O4/c1-2-5(11)8(9(12,13)14,10(15,16)17)21-7(20)4-3-6(18)19/h3-5H,2H2,1H3,(H,18,19)/b4-3+. The van der Waals surface area contributed by atoms with Crippen molar-refractivity contribution in [1.82, 2.24) is 0 Å². The number of rotatable bonds is 5. The van der Waals surface area contributed by atoms with Crippen molar-refractivity contribution >= 4 is 11.9 Å². The maximum Gasteiger partial charge on any atom is 0.440 e. The maximum atomic E-state index is 13.3. The third-order valence-corrected chi connectivity index (χ3v) is 2.27. The molecule has 0 aromatic carbocycles. The first kappa shape index (κ1) is 19.2. The highest BCUT2D eigenvalue weighted by atomic mass is 19.4. The van der Waals surface area contributed by atoms with Crippen molar-refractivity contribution in [3.63, 3.8) is 0 Å². The Morgan fingerprint density at radius 2 is 1.52 bits per heavy atom. The van der Waals surface area contributed by atoms with Crippen molar-refractivity contribution in [2.24, 2.45) is 0 Å². The molecule has 1 atom stereocenters. The van der Waals surface area contributed by atoms with Gasteiger partial charge in [0.05, 0.1) is 0 Å². The molecule has 0 aromatic rings. The average molecular weight is 326 g/mol. The van der Waals surface area contributed by atoms with Crippen molar-refractivity contribution in [2.75, 3.05) is 0 Å². The number of carboxylic acids is 1. The van der Waals surface area contributed by atoms with Gasteiger partial charge in [0, 0.05) is 12.2 Å². The van der Waals surface area contributed by atoms with E-state index in [9.17, 15) is 40.3 Å². The lowest BCUT2D eigenvalue weighted by molar-refractivity contribution is -0.384. The van der Waals surface area contributed by atoms with Gasteiger partial charge in [-0.25, -0.2) is 14.0 Å². The van der Waals surface area contributed by atoms with E-state index in [0.717, 1.165) is 0 Å². The number of esters is 1. The minimum atomic E-state index is -6.28. The minimum Gasteiger partial charge on any atom is -0.478 e. The predicted molar refractivity (Wildman–Crippen MR) is 52.9 cm³/mol. The first-order valence-electron chi connectivity index (χ1n) is 5.21. The van der Waals surface area contributed by atoms with Gasteiger partial charge in [0.25, 0.3) is 0 Å². The molecule has 0 amide bonds. The molecule has 1 unspecified atom stereocenters. The van der Waals surface area contributed by atoms with Crippen LogP contribution in [0, 0.1) is 0 Å². The van der Waals surface area contributed by atoms with E-state index in [1.165, 1.54) is 0 Å². The lowest BCUT2D eigenvalue weighted by atomic mass is 9.93. The highest BCUT2D eigenvalue weighted by molar-refractivity contribution is 5.91. The summed E-state index contributed by atoms with van der Waals surface area (Å²) in [6.07, 6.45) is -17.6. The summed E-state index contributed by atoms with van der Waals surface area (Å²) in [6, 6.07) is 0. The van der Waals surface area contributed by atoms with Gasteiger partial charge in [-0.3, -0.25) is 0 Å². The number of hydrogen-bond donors (Lipinski definition) is 1. The molecule has 0 radical (unpaired) electrons. The summed E-state index contributed by atoms with van der Waals surface area (Å²) in [5.41, 5.74) is -5.37. The van der Waals surface area contributed by atoms with E-state index in [0.29, 0.717) is 6.92 Å². The SMILES string of the molecule is CCC(F)C(OC(=O)/C=C/C(=O)O)(C(F)(F)F)C(F)(F)F. The Bertz CT molecular complexity index is 410. The second-order valence-electron chi connectivity index (χ2n) is 3.70. The van der Waals surface area contributed by atoms with Crippen LogP contribution in [0.15, 0.2) is 12.2 Å². The average Bonchev–Trinajstić information content (AvgIpc) is 2.29. The van der Waals surface area contributed by atoms with Gasteiger partial charge in [-0.05, 0) is 6.42 Å². The first-order chi connectivity index (χ1) is 9.29. The Balaban J connectivity index is 5.82. The number of carbonyl (C=O) groups excluding carboxylic acids is 1. The zero-order valence-corrected chi connectivity index (χ0v) is 10.3. The van der Waals surface area contributed by atoms with Crippen LogP contribution >= 0.6 is 0 Å². The smallest absolute Gasteiger partial charge is 0.440 e. The topological polar surface area (TPSA) is 63.6 Å². The molecule has 0 spiro atoms. The van der Waals surface area contributed by atoms with Crippen LogP contribution in [0.3, 0.4) is 0 Å². The highest BCUT2D eigenvalue weighted by Crippen LogP contribution is 2.50. The summed E-state index contributed by atoms with van der Waals surface area (Å²) in [6.45, 7) is 0.692. The van der Waals surface area contributed by atoms with Gasteiger partial charge in [-0.2, -0.15) is 26.3 Å². The number of carboxylic acid groups (broad SMARTS) is 1. The highest BCUT2D eigenvalue weighted by Gasteiger charge is 2.78.